The van der Waals surface area contributed by atoms with Crippen molar-refractivity contribution in [1.82, 2.24) is 10.2 Å². The first kappa shape index (κ1) is 15.3. The second-order valence-electron chi connectivity index (χ2n) is 5.04. The highest BCUT2D eigenvalue weighted by atomic mass is 16.3. The molecule has 0 bridgehead atoms. The van der Waals surface area contributed by atoms with Crippen molar-refractivity contribution in [2.45, 2.75) is 18.9 Å². The fourth-order valence-corrected chi connectivity index (χ4v) is 2.47. The minimum atomic E-state index is -0.135. The molecule has 0 aliphatic carbocycles. The second-order valence-corrected chi connectivity index (χ2v) is 5.04. The van der Waals surface area contributed by atoms with Crippen LogP contribution in [0.1, 0.15) is 28.8 Å². The summed E-state index contributed by atoms with van der Waals surface area (Å²) < 4.78 is 0. The van der Waals surface area contributed by atoms with Gasteiger partial charge in [0.25, 0.3) is 5.91 Å². The molecule has 0 radical (unpaired) electrons. The molecule has 21 heavy (non-hydrogen) atoms. The highest BCUT2D eigenvalue weighted by Gasteiger charge is 2.26. The predicted molar refractivity (Wildman–Crippen MR) is 80.7 cm³/mol. The molecule has 0 spiro atoms. The number of likely N-dealkylation sites (tertiary alicyclic amines) is 1. The monoisotopic (exact) mass is 288 g/mol. The van der Waals surface area contributed by atoms with Gasteiger partial charge in [0.15, 0.2) is 0 Å². The maximum absolute atomic E-state index is 12.1. The molecule has 2 rings (SSSR count). The summed E-state index contributed by atoms with van der Waals surface area (Å²) in [7, 11) is 1.59. The summed E-state index contributed by atoms with van der Waals surface area (Å²) in [4.78, 5) is 25.2. The van der Waals surface area contributed by atoms with Crippen molar-refractivity contribution < 1.29 is 14.7 Å². The van der Waals surface area contributed by atoms with Crippen LogP contribution in [0, 0.1) is 0 Å². The summed E-state index contributed by atoms with van der Waals surface area (Å²) in [6.45, 7) is 0.713. The minimum Gasteiger partial charge on any atom is -0.394 e. The molecule has 0 aromatic heterocycles. The van der Waals surface area contributed by atoms with Crippen LogP contribution in [-0.4, -0.2) is 48.1 Å². The lowest BCUT2D eigenvalue weighted by atomic mass is 10.1. The third-order valence-electron chi connectivity index (χ3n) is 3.69. The van der Waals surface area contributed by atoms with Gasteiger partial charge in [0.2, 0.25) is 5.91 Å². The second kappa shape index (κ2) is 7.04. The van der Waals surface area contributed by atoms with Crippen molar-refractivity contribution in [1.29, 1.82) is 0 Å². The molecular formula is C16H20N2O3. The summed E-state index contributed by atoms with van der Waals surface area (Å²) in [5.74, 6) is -0.216. The van der Waals surface area contributed by atoms with Crippen molar-refractivity contribution in [2.75, 3.05) is 20.2 Å². The zero-order chi connectivity index (χ0) is 15.2. The molecular weight excluding hydrogens is 268 g/mol. The van der Waals surface area contributed by atoms with Crippen LogP contribution in [0.5, 0.6) is 0 Å². The molecule has 1 saturated heterocycles. The van der Waals surface area contributed by atoms with Gasteiger partial charge in [-0.3, -0.25) is 9.59 Å². The largest absolute Gasteiger partial charge is 0.394 e. The van der Waals surface area contributed by atoms with E-state index in [1.54, 1.807) is 42.3 Å². The van der Waals surface area contributed by atoms with Crippen molar-refractivity contribution in [3.63, 3.8) is 0 Å². The Kier molecular flexibility index (Phi) is 5.11. The third-order valence-corrected chi connectivity index (χ3v) is 3.69. The lowest BCUT2D eigenvalue weighted by molar-refractivity contribution is -0.127. The predicted octanol–water partition coefficient (Wildman–Crippen LogP) is 1.04. The maximum Gasteiger partial charge on any atom is 0.251 e. The third kappa shape index (κ3) is 3.70. The molecule has 1 atom stereocenters. The summed E-state index contributed by atoms with van der Waals surface area (Å²) >= 11 is 0. The number of nitrogens with one attached hydrogen (secondary N) is 1. The van der Waals surface area contributed by atoms with E-state index in [0.717, 1.165) is 18.4 Å². The molecule has 1 aliphatic heterocycles. The van der Waals surface area contributed by atoms with Gasteiger partial charge >= 0.3 is 0 Å². The van der Waals surface area contributed by atoms with Crippen molar-refractivity contribution in [2.24, 2.45) is 0 Å². The van der Waals surface area contributed by atoms with Gasteiger partial charge in [0.1, 0.15) is 0 Å². The van der Waals surface area contributed by atoms with E-state index >= 15 is 0 Å². The van der Waals surface area contributed by atoms with Gasteiger partial charge in [0.05, 0.1) is 12.6 Å². The number of nitrogens with zero attached hydrogens (tertiary/aromatic N) is 1. The first-order chi connectivity index (χ1) is 10.2. The van der Waals surface area contributed by atoms with E-state index in [1.165, 1.54) is 6.08 Å². The van der Waals surface area contributed by atoms with Crippen LogP contribution in [0.2, 0.25) is 0 Å². The average molecular weight is 288 g/mol. The molecule has 0 saturated carbocycles. The van der Waals surface area contributed by atoms with Gasteiger partial charge < -0.3 is 15.3 Å². The topological polar surface area (TPSA) is 69.6 Å². The highest BCUT2D eigenvalue weighted by Crippen LogP contribution is 2.17. The summed E-state index contributed by atoms with van der Waals surface area (Å²) in [5, 5.41) is 11.8. The van der Waals surface area contributed by atoms with Gasteiger partial charge in [-0.05, 0) is 36.6 Å². The Morgan fingerprint density at radius 1 is 1.38 bits per heavy atom. The number of aliphatic hydroxyl groups excluding tert-OH is 1. The zero-order valence-electron chi connectivity index (χ0n) is 12.1. The fraction of sp³-hybridized carbons (Fsp3) is 0.375. The van der Waals surface area contributed by atoms with Gasteiger partial charge in [-0.2, -0.15) is 0 Å². The van der Waals surface area contributed by atoms with E-state index in [1.807, 2.05) is 0 Å². The molecule has 5 heteroatoms. The van der Waals surface area contributed by atoms with Crippen LogP contribution in [0.15, 0.2) is 30.3 Å². The quantitative estimate of drug-likeness (QED) is 0.813. The molecule has 1 aliphatic rings. The normalized spacial score (nSPS) is 18.2. The van der Waals surface area contributed by atoms with Crippen molar-refractivity contribution >= 4 is 17.9 Å². The van der Waals surface area contributed by atoms with Gasteiger partial charge in [-0.25, -0.2) is 0 Å². The number of rotatable bonds is 4. The summed E-state index contributed by atoms with van der Waals surface area (Å²) in [6.07, 6.45) is 5.04. The lowest BCUT2D eigenvalue weighted by Gasteiger charge is -2.21. The molecule has 1 heterocycles. The van der Waals surface area contributed by atoms with Crippen LogP contribution in [0.25, 0.3) is 6.08 Å². The Hall–Kier alpha value is -2.14. The highest BCUT2D eigenvalue weighted by molar-refractivity contribution is 5.95. The Labute approximate surface area is 124 Å². The molecule has 5 nitrogen and oxygen atoms in total. The van der Waals surface area contributed by atoms with E-state index in [9.17, 15) is 14.7 Å². The number of carbonyl (C=O) groups is 2. The van der Waals surface area contributed by atoms with E-state index in [4.69, 9.17) is 0 Å². The number of benzene rings is 1. The minimum absolute atomic E-state index is 0.0143. The molecule has 1 aromatic rings. The van der Waals surface area contributed by atoms with Crippen LogP contribution in [0.4, 0.5) is 0 Å². The number of hydrogen-bond acceptors (Lipinski definition) is 3. The fourth-order valence-electron chi connectivity index (χ4n) is 2.47. The van der Waals surface area contributed by atoms with Crippen LogP contribution in [0.3, 0.4) is 0 Å². The summed E-state index contributed by atoms with van der Waals surface area (Å²) in [5.41, 5.74) is 1.44. The molecule has 1 aromatic carbocycles. The zero-order valence-corrected chi connectivity index (χ0v) is 12.1. The average Bonchev–Trinajstić information content (AvgIpc) is 3.01. The van der Waals surface area contributed by atoms with E-state index in [2.05, 4.69) is 5.32 Å². The first-order valence-electron chi connectivity index (χ1n) is 7.07. The van der Waals surface area contributed by atoms with Crippen molar-refractivity contribution in [3.05, 3.63) is 41.5 Å². The van der Waals surface area contributed by atoms with Crippen LogP contribution >= 0.6 is 0 Å². The van der Waals surface area contributed by atoms with Crippen LogP contribution in [-0.2, 0) is 4.79 Å². The Balaban J connectivity index is 2.00. The maximum atomic E-state index is 12.1. The Morgan fingerprint density at radius 3 is 2.71 bits per heavy atom. The first-order valence-corrected chi connectivity index (χ1v) is 7.07. The number of carbonyl (C=O) groups excluding carboxylic acids is 2. The molecule has 112 valence electrons. The van der Waals surface area contributed by atoms with Crippen molar-refractivity contribution in [3.8, 4) is 0 Å². The van der Waals surface area contributed by atoms with E-state index in [0.29, 0.717) is 12.1 Å². The summed E-state index contributed by atoms with van der Waals surface area (Å²) in [6, 6.07) is 6.96. The molecule has 2 amide bonds. The Bertz CT molecular complexity index is 537. The van der Waals surface area contributed by atoms with E-state index in [-0.39, 0.29) is 24.5 Å². The van der Waals surface area contributed by atoms with Gasteiger partial charge in [0, 0.05) is 25.2 Å². The number of amides is 2. The molecule has 0 unspecified atom stereocenters. The standard InChI is InChI=1S/C16H20N2O3/c1-17-16(21)13-7-4-12(5-8-13)6-9-15(20)18-10-2-3-14(18)11-19/h4-9,14,19H,2-3,10-11H2,1H3,(H,17,21)/b9-6+/t14-/m1/s1. The van der Waals surface area contributed by atoms with Crippen LogP contribution < -0.4 is 5.32 Å². The lowest BCUT2D eigenvalue weighted by Crippen LogP contribution is -2.36. The molecule has 2 N–H and O–H groups in total. The van der Waals surface area contributed by atoms with Gasteiger partial charge in [-0.1, -0.05) is 12.1 Å². The Morgan fingerprint density at radius 2 is 2.10 bits per heavy atom. The smallest absolute Gasteiger partial charge is 0.251 e. The SMILES string of the molecule is CNC(=O)c1ccc(/C=C/C(=O)N2CCC[C@@H]2CO)cc1. The van der Waals surface area contributed by atoms with E-state index < -0.39 is 0 Å². The molecule has 1 fully saturated rings. The number of hydrogen-bond donors (Lipinski definition) is 2. The number of aliphatic hydroxyl groups is 1. The van der Waals surface area contributed by atoms with Gasteiger partial charge in [-0.15, -0.1) is 0 Å².